The summed E-state index contributed by atoms with van der Waals surface area (Å²) < 4.78 is 0. The summed E-state index contributed by atoms with van der Waals surface area (Å²) in [6.45, 7) is 0. The number of carboxylic acid groups (broad SMARTS) is 1. The molecule has 1 aliphatic carbocycles. The van der Waals surface area contributed by atoms with E-state index in [2.05, 4.69) is 15.3 Å². The van der Waals surface area contributed by atoms with Crippen LogP contribution < -0.4 is 5.32 Å². The first-order chi connectivity index (χ1) is 10.1. The quantitative estimate of drug-likeness (QED) is 0.893. The first kappa shape index (κ1) is 13.5. The number of carbonyl (C=O) groups excluding carboxylic acids is 1. The second-order valence-corrected chi connectivity index (χ2v) is 5.26. The molecule has 1 aromatic heterocycles. The Morgan fingerprint density at radius 2 is 1.95 bits per heavy atom. The molecule has 2 aromatic rings. The van der Waals surface area contributed by atoms with Gasteiger partial charge in [-0.05, 0) is 31.4 Å². The van der Waals surface area contributed by atoms with Crippen LogP contribution in [-0.2, 0) is 4.79 Å². The fourth-order valence-corrected chi connectivity index (χ4v) is 2.66. The molecule has 1 heterocycles. The summed E-state index contributed by atoms with van der Waals surface area (Å²) in [5.74, 6) is -1.46. The highest BCUT2D eigenvalue weighted by molar-refractivity contribution is 5.94. The van der Waals surface area contributed by atoms with Crippen LogP contribution in [0.2, 0.25) is 0 Å². The van der Waals surface area contributed by atoms with Crippen molar-refractivity contribution in [3.8, 4) is 0 Å². The van der Waals surface area contributed by atoms with Crippen molar-refractivity contribution in [2.24, 2.45) is 5.92 Å². The van der Waals surface area contributed by atoms with Crippen LogP contribution in [0.1, 0.15) is 29.8 Å². The summed E-state index contributed by atoms with van der Waals surface area (Å²) >= 11 is 0. The molecule has 2 N–H and O–H groups in total. The first-order valence-electron chi connectivity index (χ1n) is 6.89. The third-order valence-corrected chi connectivity index (χ3v) is 3.80. The van der Waals surface area contributed by atoms with E-state index in [1.165, 1.54) is 6.20 Å². The zero-order valence-corrected chi connectivity index (χ0v) is 11.3. The molecule has 0 saturated heterocycles. The summed E-state index contributed by atoms with van der Waals surface area (Å²) in [7, 11) is 0. The van der Waals surface area contributed by atoms with Crippen LogP contribution in [0.5, 0.6) is 0 Å². The van der Waals surface area contributed by atoms with Crippen LogP contribution >= 0.6 is 0 Å². The largest absolute Gasteiger partial charge is 0.481 e. The van der Waals surface area contributed by atoms with E-state index < -0.39 is 5.97 Å². The van der Waals surface area contributed by atoms with Crippen LogP contribution in [0.25, 0.3) is 11.0 Å². The van der Waals surface area contributed by atoms with Crippen molar-refractivity contribution in [2.45, 2.75) is 25.3 Å². The van der Waals surface area contributed by atoms with E-state index in [1.54, 1.807) is 6.07 Å². The lowest BCUT2D eigenvalue weighted by Gasteiger charge is -2.12. The number of hydrogen-bond donors (Lipinski definition) is 2. The van der Waals surface area contributed by atoms with Crippen molar-refractivity contribution in [2.75, 3.05) is 0 Å². The molecule has 108 valence electrons. The Morgan fingerprint density at radius 1 is 1.19 bits per heavy atom. The molecule has 1 aliphatic rings. The smallest absolute Gasteiger partial charge is 0.306 e. The summed E-state index contributed by atoms with van der Waals surface area (Å²) in [6.07, 6.45) is 3.21. The lowest BCUT2D eigenvalue weighted by molar-refractivity contribution is -0.141. The zero-order chi connectivity index (χ0) is 14.8. The Labute approximate surface area is 121 Å². The number of nitrogens with zero attached hydrogens (tertiary/aromatic N) is 2. The average Bonchev–Trinajstić information content (AvgIpc) is 2.95. The van der Waals surface area contributed by atoms with Gasteiger partial charge < -0.3 is 10.4 Å². The number of fused-ring (bicyclic) bond motifs is 1. The van der Waals surface area contributed by atoms with E-state index in [0.717, 1.165) is 5.52 Å². The maximum Gasteiger partial charge on any atom is 0.306 e. The fraction of sp³-hybridized carbons (Fsp3) is 0.333. The number of aromatic nitrogens is 2. The van der Waals surface area contributed by atoms with E-state index in [4.69, 9.17) is 5.11 Å². The van der Waals surface area contributed by atoms with Crippen molar-refractivity contribution in [3.05, 3.63) is 36.2 Å². The molecule has 1 saturated carbocycles. The molecule has 0 aliphatic heterocycles. The van der Waals surface area contributed by atoms with Crippen LogP contribution in [0.3, 0.4) is 0 Å². The minimum atomic E-state index is -0.794. The molecule has 1 fully saturated rings. The average molecular weight is 285 g/mol. The lowest BCUT2D eigenvalue weighted by Crippen LogP contribution is -2.34. The number of rotatable bonds is 3. The summed E-state index contributed by atoms with van der Waals surface area (Å²) in [5, 5.41) is 11.8. The predicted octanol–water partition coefficient (Wildman–Crippen LogP) is 1.61. The van der Waals surface area contributed by atoms with Crippen LogP contribution in [0.15, 0.2) is 30.5 Å². The minimum Gasteiger partial charge on any atom is -0.481 e. The standard InChI is InChI=1S/C15H15N3O3/c19-14(17-10-6-5-9(7-10)15(20)21)13-8-16-11-3-1-2-4-12(11)18-13/h1-4,8-10H,5-7H2,(H,17,19)(H,20,21)/t9-,10+/m0/s1. The molecule has 0 spiro atoms. The van der Waals surface area contributed by atoms with Gasteiger partial charge in [-0.3, -0.25) is 14.6 Å². The predicted molar refractivity (Wildman–Crippen MR) is 75.8 cm³/mol. The number of hydrogen-bond acceptors (Lipinski definition) is 4. The number of aliphatic carboxylic acids is 1. The Hall–Kier alpha value is -2.50. The van der Waals surface area contributed by atoms with E-state index in [-0.39, 0.29) is 23.6 Å². The maximum absolute atomic E-state index is 12.2. The number of nitrogens with one attached hydrogen (secondary N) is 1. The second-order valence-electron chi connectivity index (χ2n) is 5.26. The van der Waals surface area contributed by atoms with Gasteiger partial charge in [0.05, 0.1) is 23.1 Å². The molecule has 6 heteroatoms. The first-order valence-corrected chi connectivity index (χ1v) is 6.89. The van der Waals surface area contributed by atoms with Crippen LogP contribution in [-0.4, -0.2) is 33.0 Å². The van der Waals surface area contributed by atoms with Crippen molar-refractivity contribution in [1.29, 1.82) is 0 Å². The van der Waals surface area contributed by atoms with E-state index in [0.29, 0.717) is 24.8 Å². The van der Waals surface area contributed by atoms with Gasteiger partial charge >= 0.3 is 5.97 Å². The minimum absolute atomic E-state index is 0.105. The van der Waals surface area contributed by atoms with Crippen molar-refractivity contribution < 1.29 is 14.7 Å². The zero-order valence-electron chi connectivity index (χ0n) is 11.3. The molecule has 3 rings (SSSR count). The van der Waals surface area contributed by atoms with E-state index in [1.807, 2.05) is 18.2 Å². The number of amides is 1. The summed E-state index contributed by atoms with van der Waals surface area (Å²) in [5.41, 5.74) is 1.66. The second kappa shape index (κ2) is 5.47. The monoisotopic (exact) mass is 285 g/mol. The Bertz CT molecular complexity index is 701. The normalized spacial score (nSPS) is 21.3. The molecule has 0 radical (unpaired) electrons. The third-order valence-electron chi connectivity index (χ3n) is 3.80. The topological polar surface area (TPSA) is 92.2 Å². The molecular formula is C15H15N3O3. The Kier molecular flexibility index (Phi) is 3.51. The third kappa shape index (κ3) is 2.84. The summed E-state index contributed by atoms with van der Waals surface area (Å²) in [4.78, 5) is 31.6. The van der Waals surface area contributed by atoms with Crippen LogP contribution in [0.4, 0.5) is 0 Å². The number of carboxylic acids is 1. The van der Waals surface area contributed by atoms with Gasteiger partial charge in [-0.25, -0.2) is 4.98 Å². The Balaban J connectivity index is 1.71. The number of benzene rings is 1. The van der Waals surface area contributed by atoms with Gasteiger partial charge in [0.15, 0.2) is 0 Å². The van der Waals surface area contributed by atoms with Crippen molar-refractivity contribution in [1.82, 2.24) is 15.3 Å². The molecular weight excluding hydrogens is 270 g/mol. The molecule has 1 aromatic carbocycles. The van der Waals surface area contributed by atoms with Crippen molar-refractivity contribution in [3.63, 3.8) is 0 Å². The molecule has 0 unspecified atom stereocenters. The number of carbonyl (C=O) groups is 2. The molecule has 6 nitrogen and oxygen atoms in total. The van der Waals surface area contributed by atoms with Crippen molar-refractivity contribution >= 4 is 22.9 Å². The maximum atomic E-state index is 12.2. The SMILES string of the molecule is O=C(N[C@@H]1CC[C@H](C(=O)O)C1)c1cnc2ccccc2n1. The van der Waals surface area contributed by atoms with E-state index in [9.17, 15) is 9.59 Å². The van der Waals surface area contributed by atoms with Gasteiger partial charge in [-0.15, -0.1) is 0 Å². The van der Waals surface area contributed by atoms with E-state index >= 15 is 0 Å². The van der Waals surface area contributed by atoms with Gasteiger partial charge in [0, 0.05) is 6.04 Å². The van der Waals surface area contributed by atoms with Gasteiger partial charge in [0.25, 0.3) is 5.91 Å². The van der Waals surface area contributed by atoms with Gasteiger partial charge in [0.1, 0.15) is 5.69 Å². The highest BCUT2D eigenvalue weighted by atomic mass is 16.4. The molecule has 21 heavy (non-hydrogen) atoms. The highest BCUT2D eigenvalue weighted by Crippen LogP contribution is 2.25. The highest BCUT2D eigenvalue weighted by Gasteiger charge is 2.30. The fourth-order valence-electron chi connectivity index (χ4n) is 2.66. The van der Waals surface area contributed by atoms with Crippen LogP contribution in [0, 0.1) is 5.92 Å². The van der Waals surface area contributed by atoms with Gasteiger partial charge in [0.2, 0.25) is 0 Å². The summed E-state index contributed by atoms with van der Waals surface area (Å²) in [6, 6.07) is 7.23. The molecule has 2 atom stereocenters. The lowest BCUT2D eigenvalue weighted by atomic mass is 10.1. The number of para-hydroxylation sites is 2. The Morgan fingerprint density at radius 3 is 2.67 bits per heavy atom. The molecule has 0 bridgehead atoms. The van der Waals surface area contributed by atoms with Gasteiger partial charge in [-0.2, -0.15) is 0 Å². The van der Waals surface area contributed by atoms with Gasteiger partial charge in [-0.1, -0.05) is 12.1 Å². The molecule has 1 amide bonds.